The van der Waals surface area contributed by atoms with Crippen LogP contribution in [0.25, 0.3) is 0 Å². The molecule has 6 aliphatic rings. The van der Waals surface area contributed by atoms with E-state index < -0.39 is 191 Å². The van der Waals surface area contributed by atoms with Crippen LogP contribution in [0.5, 0.6) is 23.0 Å². The molecule has 442 valence electrons. The second kappa shape index (κ2) is 22.0. The standard InChI is InChI=1S/C62H64N2O20/c1-25-51(69)37(15-41(81-25)83-39-19-61(79,27(3)67)17-35-45(39)59(77)49-47(55(35)73)53(71)33-12-6-10-31(23-65)43(33)57(49)75)63-21-29-8-5-9-30(14-29)22-64-38-16-42(82-26(2)52(38)70)84-40-20-62(80,28(4)68)18-36-46(40)60(78)50-48(56(36)74)54(72)34-13-7-11-32(24-66)44(34)58(50)76/h5-14,25-26,37-42,51-52,63-66,69-70,73-74,77-80H,15-24H2,1-4H3/p+2/t25?,26?,37?,38?,39-,40?,41?,42?,51?,52?,61-,62-/m0/s1. The average molecular weight is 1160 g/mol. The number of ether oxygens (including phenoxy) is 4. The molecule has 2 fully saturated rings. The highest BCUT2D eigenvalue weighted by atomic mass is 16.7. The van der Waals surface area contributed by atoms with Crippen LogP contribution in [0.15, 0.2) is 60.7 Å². The number of benzene rings is 5. The molecule has 0 spiro atoms. The molecule has 0 radical (unpaired) electrons. The van der Waals surface area contributed by atoms with Crippen molar-refractivity contribution in [2.24, 2.45) is 0 Å². The highest BCUT2D eigenvalue weighted by molar-refractivity contribution is 6.32. The fourth-order valence-electron chi connectivity index (χ4n) is 13.4. The summed E-state index contributed by atoms with van der Waals surface area (Å²) < 4.78 is 25.2. The van der Waals surface area contributed by atoms with Crippen molar-refractivity contribution < 1.29 is 109 Å². The molecule has 2 heterocycles. The zero-order valence-electron chi connectivity index (χ0n) is 46.3. The Kier molecular flexibility index (Phi) is 15.4. The zero-order chi connectivity index (χ0) is 60.2. The number of fused-ring (bicyclic) bond motifs is 6. The van der Waals surface area contributed by atoms with E-state index >= 15 is 0 Å². The molecule has 9 unspecified atom stereocenters. The first-order valence-electron chi connectivity index (χ1n) is 27.9. The molecule has 12 atom stereocenters. The summed E-state index contributed by atoms with van der Waals surface area (Å²) in [5.41, 5.74) is -5.36. The number of rotatable bonds is 14. The summed E-state index contributed by atoms with van der Waals surface area (Å²) in [6.45, 7) is 5.11. The Morgan fingerprint density at radius 3 is 1.30 bits per heavy atom. The van der Waals surface area contributed by atoms with Gasteiger partial charge in [0.25, 0.3) is 0 Å². The molecule has 84 heavy (non-hydrogen) atoms. The molecule has 14 N–H and O–H groups in total. The minimum absolute atomic E-state index is 0.0516. The van der Waals surface area contributed by atoms with Crippen molar-refractivity contribution in [2.45, 2.75) is 165 Å². The summed E-state index contributed by atoms with van der Waals surface area (Å²) in [6.07, 6.45) is -10.4. The van der Waals surface area contributed by atoms with Gasteiger partial charge in [0.2, 0.25) is 0 Å². The molecule has 22 nitrogen and oxygen atoms in total. The SMILES string of the molecule is CC(=O)[C@]1(O)Cc2c(O)c3c(c(O)c2C(OC2CC([NH2+]Cc4cccc(C[NH2+]C5CC(O[C@H]6C[C@](O)(C(C)=O)Cc7c(O)c8c(c(O)c76)C(=O)c6c(CO)cccc6C8=O)OC(C)C5O)c4)C(O)C(C)O2)C1)C(=O)c1c(CO)cccc1C3=O. The van der Waals surface area contributed by atoms with Gasteiger partial charge in [-0.2, -0.15) is 0 Å². The van der Waals surface area contributed by atoms with Crippen LogP contribution >= 0.6 is 0 Å². The Morgan fingerprint density at radius 2 is 0.929 bits per heavy atom. The van der Waals surface area contributed by atoms with E-state index in [1.165, 1.54) is 36.4 Å². The van der Waals surface area contributed by atoms with Crippen molar-refractivity contribution in [3.05, 3.63) is 150 Å². The molecule has 5 aromatic rings. The van der Waals surface area contributed by atoms with Crippen LogP contribution in [0.4, 0.5) is 0 Å². The number of aromatic hydroxyl groups is 4. The van der Waals surface area contributed by atoms with Gasteiger partial charge in [0.05, 0.1) is 72.7 Å². The van der Waals surface area contributed by atoms with Gasteiger partial charge in [0.1, 0.15) is 71.6 Å². The second-order valence-corrected chi connectivity index (χ2v) is 23.2. The second-order valence-electron chi connectivity index (χ2n) is 23.2. The Hall–Kier alpha value is -7.16. The number of nitrogens with two attached hydrogens (primary N) is 2. The molecule has 22 heteroatoms. The van der Waals surface area contributed by atoms with Crippen LogP contribution in [0.3, 0.4) is 0 Å². The largest absolute Gasteiger partial charge is 0.507 e. The van der Waals surface area contributed by atoms with E-state index in [9.17, 15) is 79.8 Å². The van der Waals surface area contributed by atoms with E-state index in [0.717, 1.165) is 25.0 Å². The summed E-state index contributed by atoms with van der Waals surface area (Å²) in [4.78, 5) is 82.2. The Balaban J connectivity index is 0.783. The van der Waals surface area contributed by atoms with Gasteiger partial charge in [-0.15, -0.1) is 0 Å². The van der Waals surface area contributed by atoms with E-state index in [-0.39, 0.29) is 68.5 Å². The number of carbonyl (C=O) groups is 6. The Bertz CT molecular complexity index is 3390. The fourth-order valence-corrected chi connectivity index (χ4v) is 13.4. The first kappa shape index (κ1) is 58.6. The number of hydrogen-bond acceptors (Lipinski definition) is 20. The predicted molar refractivity (Wildman–Crippen MR) is 289 cm³/mol. The molecule has 2 saturated heterocycles. The van der Waals surface area contributed by atoms with Crippen molar-refractivity contribution in [3.8, 4) is 23.0 Å². The van der Waals surface area contributed by atoms with E-state index in [4.69, 9.17) is 18.9 Å². The maximum Gasteiger partial charge on any atom is 0.198 e. The lowest BCUT2D eigenvalue weighted by molar-refractivity contribution is -0.719. The van der Waals surface area contributed by atoms with E-state index in [2.05, 4.69) is 0 Å². The summed E-state index contributed by atoms with van der Waals surface area (Å²) in [5, 5.41) is 118. The van der Waals surface area contributed by atoms with Crippen LogP contribution in [0.2, 0.25) is 0 Å². The van der Waals surface area contributed by atoms with E-state index in [1.54, 1.807) is 13.8 Å². The molecule has 0 saturated carbocycles. The Labute approximate surface area is 480 Å². The lowest BCUT2D eigenvalue weighted by atomic mass is 9.71. The van der Waals surface area contributed by atoms with Gasteiger partial charge in [-0.25, -0.2) is 0 Å². The fraction of sp³-hybridized carbons (Fsp3) is 0.419. The number of carbonyl (C=O) groups excluding carboxylic acids is 6. The highest BCUT2D eigenvalue weighted by Crippen LogP contribution is 2.54. The summed E-state index contributed by atoms with van der Waals surface area (Å²) in [7, 11) is 0. The number of phenolic OH excluding ortho intramolecular Hbond substituents is 4. The van der Waals surface area contributed by atoms with Gasteiger partial charge in [0, 0.05) is 81.3 Å². The molecule has 0 bridgehead atoms. The third-order valence-electron chi connectivity index (χ3n) is 18.0. The molecular formula is C62H66N2O20+2. The van der Waals surface area contributed by atoms with Crippen LogP contribution in [-0.4, -0.2) is 146 Å². The monoisotopic (exact) mass is 1160 g/mol. The minimum Gasteiger partial charge on any atom is -0.507 e. The van der Waals surface area contributed by atoms with Crippen LogP contribution in [0.1, 0.15) is 174 Å². The number of aliphatic hydroxyl groups excluding tert-OH is 4. The van der Waals surface area contributed by atoms with Crippen LogP contribution in [0, 0.1) is 0 Å². The highest BCUT2D eigenvalue weighted by Gasteiger charge is 2.52. The molecule has 5 aromatic carbocycles. The normalized spacial score (nSPS) is 28.8. The first-order chi connectivity index (χ1) is 39.9. The minimum atomic E-state index is -2.14. The maximum atomic E-state index is 14.1. The van der Waals surface area contributed by atoms with Crippen LogP contribution < -0.4 is 10.6 Å². The first-order valence-corrected chi connectivity index (χ1v) is 27.9. The van der Waals surface area contributed by atoms with Crippen molar-refractivity contribution in [2.75, 3.05) is 0 Å². The van der Waals surface area contributed by atoms with Gasteiger partial charge in [-0.3, -0.25) is 28.8 Å². The summed E-state index contributed by atoms with van der Waals surface area (Å²) in [6, 6.07) is 15.1. The average Bonchev–Trinajstić information content (AvgIpc) is 1.23. The van der Waals surface area contributed by atoms with E-state index in [1.807, 2.05) is 34.9 Å². The lowest BCUT2D eigenvalue weighted by Gasteiger charge is -2.42. The van der Waals surface area contributed by atoms with Crippen molar-refractivity contribution >= 4 is 34.7 Å². The number of Topliss-reactive ketones (excluding diaryl/α,β-unsaturated/α-hetero) is 2. The Morgan fingerprint density at radius 1 is 0.560 bits per heavy atom. The van der Waals surface area contributed by atoms with Gasteiger partial charge >= 0.3 is 0 Å². The van der Waals surface area contributed by atoms with Crippen molar-refractivity contribution in [1.82, 2.24) is 0 Å². The molecule has 0 amide bonds. The number of ketones is 6. The third kappa shape index (κ3) is 9.72. The molecular weight excluding hydrogens is 1090 g/mol. The van der Waals surface area contributed by atoms with Gasteiger partial charge in [-0.05, 0) is 44.9 Å². The van der Waals surface area contributed by atoms with E-state index in [0.29, 0.717) is 13.1 Å². The molecule has 2 aliphatic heterocycles. The summed E-state index contributed by atoms with van der Waals surface area (Å²) in [5.74, 6) is -7.41. The smallest absolute Gasteiger partial charge is 0.198 e. The number of quaternary nitrogens is 2. The molecule has 4 aliphatic carbocycles. The van der Waals surface area contributed by atoms with Crippen molar-refractivity contribution in [3.63, 3.8) is 0 Å². The predicted octanol–water partition coefficient (Wildman–Crippen LogP) is 0.948. The lowest BCUT2D eigenvalue weighted by Crippen LogP contribution is -2.93. The number of aliphatic hydroxyl groups is 6. The van der Waals surface area contributed by atoms with Gasteiger partial charge < -0.3 is 80.6 Å². The van der Waals surface area contributed by atoms with Gasteiger partial charge in [-0.1, -0.05) is 54.6 Å². The maximum absolute atomic E-state index is 14.1. The van der Waals surface area contributed by atoms with Crippen LogP contribution in [-0.2, 0) is 67.7 Å². The van der Waals surface area contributed by atoms with Gasteiger partial charge in [0.15, 0.2) is 47.3 Å². The van der Waals surface area contributed by atoms with Crippen molar-refractivity contribution in [1.29, 1.82) is 0 Å². The quantitative estimate of drug-likeness (QED) is 0.0674. The number of hydrogen-bond donors (Lipinski definition) is 12. The molecule has 0 aromatic heterocycles. The number of phenols is 4. The zero-order valence-corrected chi connectivity index (χ0v) is 46.3. The summed E-state index contributed by atoms with van der Waals surface area (Å²) >= 11 is 0. The molecule has 11 rings (SSSR count). The topological polar surface area (TPSA) is 375 Å². The third-order valence-corrected chi connectivity index (χ3v) is 18.0.